The number of aryl methyl sites for hydroxylation is 1. The first-order valence-corrected chi connectivity index (χ1v) is 12.2. The molecule has 2 aromatic rings. The lowest BCUT2D eigenvalue weighted by atomic mass is 10.0. The van der Waals surface area contributed by atoms with Crippen molar-refractivity contribution in [2.24, 2.45) is 7.05 Å². The lowest BCUT2D eigenvalue weighted by molar-refractivity contribution is -0.150. The molecule has 0 spiro atoms. The normalized spacial score (nSPS) is 20.2. The Balaban J connectivity index is 1.45. The van der Waals surface area contributed by atoms with E-state index in [0.717, 1.165) is 17.2 Å². The van der Waals surface area contributed by atoms with Crippen LogP contribution in [0, 0.1) is 12.3 Å². The summed E-state index contributed by atoms with van der Waals surface area (Å²) in [6.07, 6.45) is -0.201. The van der Waals surface area contributed by atoms with E-state index in [1.54, 1.807) is 4.57 Å². The van der Waals surface area contributed by atoms with E-state index >= 15 is 0 Å². The molecule has 2 aliphatic heterocycles. The fourth-order valence-electron chi connectivity index (χ4n) is 3.32. The van der Waals surface area contributed by atoms with E-state index in [4.69, 9.17) is 5.41 Å². The molecule has 2 amide bonds. The van der Waals surface area contributed by atoms with Gasteiger partial charge in [0.25, 0.3) is 5.91 Å². The van der Waals surface area contributed by atoms with Crippen LogP contribution < -0.4 is 10.1 Å². The number of fused-ring (bicyclic) bond motifs is 1. The van der Waals surface area contributed by atoms with Crippen LogP contribution in [0.1, 0.15) is 11.5 Å². The topological polar surface area (TPSA) is 166 Å². The van der Waals surface area contributed by atoms with Gasteiger partial charge in [0.05, 0.1) is 12.1 Å². The zero-order valence-electron chi connectivity index (χ0n) is 16.9. The van der Waals surface area contributed by atoms with Gasteiger partial charge in [-0.15, -0.1) is 33.3 Å². The number of rotatable bonds is 7. The molecule has 12 nitrogen and oxygen atoms in total. The minimum atomic E-state index is -1.19. The van der Waals surface area contributed by atoms with Crippen LogP contribution in [-0.2, 0) is 27.9 Å². The van der Waals surface area contributed by atoms with Crippen LogP contribution in [0.15, 0.2) is 21.8 Å². The van der Waals surface area contributed by atoms with E-state index in [-0.39, 0.29) is 22.6 Å². The van der Waals surface area contributed by atoms with Crippen molar-refractivity contribution in [2.45, 2.75) is 29.9 Å². The van der Waals surface area contributed by atoms with Gasteiger partial charge < -0.3 is 20.2 Å². The molecule has 1 saturated heterocycles. The average molecular weight is 498 g/mol. The lowest BCUT2D eigenvalue weighted by Crippen LogP contribution is -2.70. The molecule has 1 unspecified atom stereocenters. The Bertz CT molecular complexity index is 1200. The average Bonchev–Trinajstić information content (AvgIpc) is 3.25. The number of hydrogen-bond acceptors (Lipinski definition) is 10. The molecule has 0 radical (unpaired) electrons. The fourth-order valence-corrected chi connectivity index (χ4v) is 6.41. The first kappa shape index (κ1) is 22.4. The number of carbonyl (C=O) groups excluding carboxylic acids is 2. The van der Waals surface area contributed by atoms with Gasteiger partial charge in [-0.1, -0.05) is 11.8 Å². The third kappa shape index (κ3) is 3.91. The van der Waals surface area contributed by atoms with Gasteiger partial charge in [-0.25, -0.2) is 4.79 Å². The summed E-state index contributed by atoms with van der Waals surface area (Å²) in [6, 6.07) is -0.848. The Labute approximate surface area is 193 Å². The lowest BCUT2D eigenvalue weighted by Gasteiger charge is -2.49. The van der Waals surface area contributed by atoms with Crippen molar-refractivity contribution in [3.8, 4) is 0 Å². The standard InChI is InChI=1S/C17H19N7O5S3/c1-7-20-21-17(22(7)2)32-5-8-4-30-14-11(13(26)23(14)12(8)15(27)28)19-10(25)3-9-6-31-16(18)24(9)29/h6,11,14,18,29H,3-5H2,1-2H3,(H,19,25)(H,27,28)/t11?,14-/m1/s1. The van der Waals surface area contributed by atoms with E-state index < -0.39 is 29.2 Å². The highest BCUT2D eigenvalue weighted by Crippen LogP contribution is 2.41. The summed E-state index contributed by atoms with van der Waals surface area (Å²) in [5.41, 5.74) is 0.785. The second-order valence-corrected chi connectivity index (χ2v) is 10.0. The van der Waals surface area contributed by atoms with Crippen molar-refractivity contribution in [1.82, 2.24) is 29.7 Å². The number of carbonyl (C=O) groups is 3. The third-order valence-electron chi connectivity index (χ3n) is 5.11. The summed E-state index contributed by atoms with van der Waals surface area (Å²) in [5, 5.41) is 39.2. The molecule has 0 aromatic carbocycles. The zero-order chi connectivity index (χ0) is 23.2. The number of amides is 2. The Morgan fingerprint density at radius 3 is 2.75 bits per heavy atom. The van der Waals surface area contributed by atoms with Crippen LogP contribution in [0.2, 0.25) is 0 Å². The van der Waals surface area contributed by atoms with Crippen LogP contribution in [0.5, 0.6) is 0 Å². The van der Waals surface area contributed by atoms with E-state index in [1.165, 1.54) is 33.8 Å². The summed E-state index contributed by atoms with van der Waals surface area (Å²) in [6.45, 7) is 1.82. The van der Waals surface area contributed by atoms with E-state index in [0.29, 0.717) is 27.0 Å². The summed E-state index contributed by atoms with van der Waals surface area (Å²) >= 11 is 3.71. The van der Waals surface area contributed by atoms with Crippen molar-refractivity contribution >= 4 is 52.6 Å². The number of thiazole rings is 1. The minimum Gasteiger partial charge on any atom is -0.477 e. The minimum absolute atomic E-state index is 0.0551. The number of thioether (sulfide) groups is 2. The van der Waals surface area contributed by atoms with Crippen molar-refractivity contribution < 1.29 is 24.7 Å². The fraction of sp³-hybridized carbons (Fsp3) is 0.412. The number of carboxylic acid groups (broad SMARTS) is 1. The molecule has 0 saturated carbocycles. The predicted molar refractivity (Wildman–Crippen MR) is 115 cm³/mol. The van der Waals surface area contributed by atoms with Crippen LogP contribution in [0.3, 0.4) is 0 Å². The van der Waals surface area contributed by atoms with Crippen LogP contribution >= 0.6 is 34.9 Å². The molecule has 4 N–H and O–H groups in total. The summed E-state index contributed by atoms with van der Waals surface area (Å²) < 4.78 is 2.42. The van der Waals surface area contributed by atoms with Crippen LogP contribution in [0.4, 0.5) is 0 Å². The monoisotopic (exact) mass is 497 g/mol. The molecule has 0 bridgehead atoms. The number of β-lactam (4-membered cyclic amide) rings is 1. The second-order valence-electron chi connectivity index (χ2n) is 7.11. The number of hydrogen-bond donors (Lipinski definition) is 4. The molecule has 32 heavy (non-hydrogen) atoms. The molecular formula is C17H19N7O5S3. The molecule has 1 fully saturated rings. The molecule has 15 heteroatoms. The zero-order valence-corrected chi connectivity index (χ0v) is 19.4. The second kappa shape index (κ2) is 8.63. The van der Waals surface area contributed by atoms with E-state index in [2.05, 4.69) is 15.5 Å². The molecule has 2 aliphatic rings. The first-order chi connectivity index (χ1) is 15.2. The first-order valence-electron chi connectivity index (χ1n) is 9.30. The van der Waals surface area contributed by atoms with Crippen molar-refractivity contribution in [2.75, 3.05) is 11.5 Å². The molecule has 4 heterocycles. The molecule has 4 rings (SSSR count). The Hall–Kier alpha value is -2.78. The molecule has 170 valence electrons. The van der Waals surface area contributed by atoms with Gasteiger partial charge in [-0.3, -0.25) is 19.9 Å². The predicted octanol–water partition coefficient (Wildman–Crippen LogP) is -0.223. The van der Waals surface area contributed by atoms with Gasteiger partial charge in [0, 0.05) is 23.9 Å². The highest BCUT2D eigenvalue weighted by molar-refractivity contribution is 8.01. The maximum Gasteiger partial charge on any atom is 0.352 e. The Kier molecular flexibility index (Phi) is 6.05. The van der Waals surface area contributed by atoms with Crippen LogP contribution in [-0.4, -0.2) is 75.4 Å². The van der Waals surface area contributed by atoms with Crippen molar-refractivity contribution in [3.05, 3.63) is 33.0 Å². The van der Waals surface area contributed by atoms with Gasteiger partial charge in [0.1, 0.15) is 22.9 Å². The van der Waals surface area contributed by atoms with Gasteiger partial charge in [-0.2, -0.15) is 4.73 Å². The maximum absolute atomic E-state index is 12.7. The third-order valence-corrected chi connectivity index (χ3v) is 8.34. The quantitative estimate of drug-likeness (QED) is 0.230. The smallest absolute Gasteiger partial charge is 0.352 e. The summed E-state index contributed by atoms with van der Waals surface area (Å²) in [5.74, 6) is -0.700. The SMILES string of the molecule is Cc1nnc(SCC2=C(C(=O)O)N3C(=O)C(NC(=O)Cc4csc(=N)n4O)[C@H]3SC2)n1C. The van der Waals surface area contributed by atoms with Crippen molar-refractivity contribution in [3.63, 3.8) is 0 Å². The van der Waals surface area contributed by atoms with Gasteiger partial charge in [-0.05, 0) is 12.5 Å². The van der Waals surface area contributed by atoms with E-state index in [1.807, 2.05) is 14.0 Å². The Morgan fingerprint density at radius 1 is 1.41 bits per heavy atom. The maximum atomic E-state index is 12.7. The molecule has 0 aliphatic carbocycles. The molecule has 2 atom stereocenters. The van der Waals surface area contributed by atoms with Crippen molar-refractivity contribution in [1.29, 1.82) is 5.41 Å². The highest BCUT2D eigenvalue weighted by atomic mass is 32.2. The number of aromatic nitrogens is 4. The number of carboxylic acids is 1. The summed E-state index contributed by atoms with van der Waals surface area (Å²) in [4.78, 5) is 38.1. The molecular weight excluding hydrogens is 478 g/mol. The number of aliphatic carboxylic acids is 1. The van der Waals surface area contributed by atoms with Gasteiger partial charge in [0.15, 0.2) is 5.16 Å². The highest BCUT2D eigenvalue weighted by Gasteiger charge is 2.54. The Morgan fingerprint density at radius 2 is 2.16 bits per heavy atom. The molecule has 2 aromatic heterocycles. The van der Waals surface area contributed by atoms with Crippen LogP contribution in [0.25, 0.3) is 0 Å². The van der Waals surface area contributed by atoms with Gasteiger partial charge >= 0.3 is 5.97 Å². The number of nitrogens with zero attached hydrogens (tertiary/aromatic N) is 5. The number of nitrogens with one attached hydrogen (secondary N) is 2. The van der Waals surface area contributed by atoms with Gasteiger partial charge in [0.2, 0.25) is 10.7 Å². The summed E-state index contributed by atoms with van der Waals surface area (Å²) in [7, 11) is 1.82. The van der Waals surface area contributed by atoms with E-state index in [9.17, 15) is 24.7 Å². The largest absolute Gasteiger partial charge is 0.477 e.